The zero-order valence-corrected chi connectivity index (χ0v) is 14.2. The van der Waals surface area contributed by atoms with Crippen LogP contribution < -0.4 is 0 Å². The van der Waals surface area contributed by atoms with E-state index in [0.717, 1.165) is 12.3 Å². The standard InChI is InChI=1S/C13H25IOSi/c1-13(10-7-11-14,15-16(2,3)4)12-8-5-6-9-12/h7,11-12H,5-6,8-10H2,1-4H3. The molecule has 0 aromatic carbocycles. The summed E-state index contributed by atoms with van der Waals surface area (Å²) in [5, 5.41) is 0. The maximum atomic E-state index is 6.50. The van der Waals surface area contributed by atoms with E-state index in [0.29, 0.717) is 0 Å². The molecule has 0 radical (unpaired) electrons. The van der Waals surface area contributed by atoms with Gasteiger partial charge in [-0.2, -0.15) is 0 Å². The van der Waals surface area contributed by atoms with Crippen molar-refractivity contribution in [3.63, 3.8) is 0 Å². The minimum Gasteiger partial charge on any atom is -0.412 e. The Morgan fingerprint density at radius 1 is 1.31 bits per heavy atom. The van der Waals surface area contributed by atoms with E-state index in [9.17, 15) is 0 Å². The van der Waals surface area contributed by atoms with Crippen molar-refractivity contribution in [1.29, 1.82) is 0 Å². The molecule has 0 aromatic rings. The van der Waals surface area contributed by atoms with E-state index in [1.165, 1.54) is 25.7 Å². The summed E-state index contributed by atoms with van der Waals surface area (Å²) in [6.45, 7) is 9.23. The molecule has 16 heavy (non-hydrogen) atoms. The van der Waals surface area contributed by atoms with Gasteiger partial charge in [-0.1, -0.05) is 41.5 Å². The van der Waals surface area contributed by atoms with Gasteiger partial charge in [0.25, 0.3) is 0 Å². The second-order valence-corrected chi connectivity index (χ2v) is 11.2. The first-order valence-corrected chi connectivity index (χ1v) is 11.0. The maximum Gasteiger partial charge on any atom is 0.184 e. The van der Waals surface area contributed by atoms with Crippen molar-refractivity contribution in [1.82, 2.24) is 0 Å². The van der Waals surface area contributed by atoms with Crippen LogP contribution in [0.3, 0.4) is 0 Å². The minimum atomic E-state index is -1.45. The van der Waals surface area contributed by atoms with Gasteiger partial charge < -0.3 is 4.43 Å². The van der Waals surface area contributed by atoms with Crippen LogP contribution in [0.4, 0.5) is 0 Å². The Bertz CT molecular complexity index is 241. The summed E-state index contributed by atoms with van der Waals surface area (Å²) in [5.74, 6) is 0.770. The number of hydrogen-bond donors (Lipinski definition) is 0. The van der Waals surface area contributed by atoms with Crippen molar-refractivity contribution in [3.8, 4) is 0 Å². The van der Waals surface area contributed by atoms with Gasteiger partial charge in [0.1, 0.15) is 0 Å². The highest BCUT2D eigenvalue weighted by atomic mass is 127. The predicted octanol–water partition coefficient (Wildman–Crippen LogP) is 5.13. The third-order valence-electron chi connectivity index (χ3n) is 3.37. The molecular formula is C13H25IOSi. The van der Waals surface area contributed by atoms with Gasteiger partial charge in [-0.25, -0.2) is 0 Å². The highest BCUT2D eigenvalue weighted by Gasteiger charge is 2.39. The van der Waals surface area contributed by atoms with Crippen LogP contribution in [0.1, 0.15) is 39.0 Å². The van der Waals surface area contributed by atoms with Crippen molar-refractivity contribution in [2.24, 2.45) is 5.92 Å². The van der Waals surface area contributed by atoms with Gasteiger partial charge in [0.15, 0.2) is 8.32 Å². The molecule has 0 saturated heterocycles. The van der Waals surface area contributed by atoms with Crippen molar-refractivity contribution < 1.29 is 4.43 Å². The monoisotopic (exact) mass is 352 g/mol. The lowest BCUT2D eigenvalue weighted by Crippen LogP contribution is -2.44. The molecule has 1 atom stereocenters. The molecule has 1 aliphatic carbocycles. The molecule has 94 valence electrons. The second kappa shape index (κ2) is 6.00. The summed E-state index contributed by atoms with van der Waals surface area (Å²) >= 11 is 2.30. The molecule has 3 heteroatoms. The van der Waals surface area contributed by atoms with Crippen molar-refractivity contribution in [2.45, 2.75) is 64.3 Å². The highest BCUT2D eigenvalue weighted by molar-refractivity contribution is 14.1. The fourth-order valence-corrected chi connectivity index (χ4v) is 4.71. The van der Waals surface area contributed by atoms with E-state index >= 15 is 0 Å². The van der Waals surface area contributed by atoms with E-state index in [-0.39, 0.29) is 5.60 Å². The van der Waals surface area contributed by atoms with E-state index in [1.54, 1.807) is 0 Å². The Balaban J connectivity index is 2.73. The van der Waals surface area contributed by atoms with Gasteiger partial charge in [-0.3, -0.25) is 0 Å². The highest BCUT2D eigenvalue weighted by Crippen LogP contribution is 2.40. The zero-order chi connectivity index (χ0) is 12.2. The first-order chi connectivity index (χ1) is 7.37. The smallest absolute Gasteiger partial charge is 0.184 e. The lowest BCUT2D eigenvalue weighted by Gasteiger charge is -2.40. The molecule has 0 N–H and O–H groups in total. The van der Waals surface area contributed by atoms with Crippen molar-refractivity contribution in [3.05, 3.63) is 10.2 Å². The van der Waals surface area contributed by atoms with Crippen molar-refractivity contribution >= 4 is 30.9 Å². The van der Waals surface area contributed by atoms with E-state index in [1.807, 2.05) is 0 Å². The molecule has 1 rings (SSSR count). The lowest BCUT2D eigenvalue weighted by molar-refractivity contribution is 0.0231. The van der Waals surface area contributed by atoms with Crippen LogP contribution in [0.2, 0.25) is 19.6 Å². The van der Waals surface area contributed by atoms with Crippen LogP contribution in [-0.4, -0.2) is 13.9 Å². The molecule has 1 saturated carbocycles. The third kappa shape index (κ3) is 4.49. The van der Waals surface area contributed by atoms with Crippen LogP contribution in [0.5, 0.6) is 0 Å². The Labute approximate surface area is 115 Å². The first-order valence-electron chi connectivity index (χ1n) is 6.33. The maximum absolute atomic E-state index is 6.50. The molecule has 1 aliphatic rings. The molecule has 1 unspecified atom stereocenters. The summed E-state index contributed by atoms with van der Waals surface area (Å²) < 4.78 is 8.62. The zero-order valence-electron chi connectivity index (χ0n) is 11.1. The van der Waals surface area contributed by atoms with Crippen LogP contribution in [-0.2, 0) is 4.43 Å². The fraction of sp³-hybridized carbons (Fsp3) is 0.846. The van der Waals surface area contributed by atoms with Gasteiger partial charge >= 0.3 is 0 Å². The van der Waals surface area contributed by atoms with Crippen LogP contribution in [0.15, 0.2) is 10.2 Å². The topological polar surface area (TPSA) is 9.23 Å². The Morgan fingerprint density at radius 2 is 1.88 bits per heavy atom. The van der Waals surface area contributed by atoms with Gasteiger partial charge in [0.2, 0.25) is 0 Å². The average molecular weight is 352 g/mol. The average Bonchev–Trinajstić information content (AvgIpc) is 2.65. The van der Waals surface area contributed by atoms with Crippen LogP contribution in [0.25, 0.3) is 0 Å². The van der Waals surface area contributed by atoms with Crippen LogP contribution in [0, 0.1) is 5.92 Å². The molecule has 0 aliphatic heterocycles. The number of hydrogen-bond acceptors (Lipinski definition) is 1. The Hall–Kier alpha value is 0.647. The molecule has 1 nitrogen and oxygen atoms in total. The summed E-state index contributed by atoms with van der Waals surface area (Å²) in [6.07, 6.45) is 8.84. The van der Waals surface area contributed by atoms with E-state index < -0.39 is 8.32 Å². The van der Waals surface area contributed by atoms with E-state index in [4.69, 9.17) is 4.43 Å². The van der Waals surface area contributed by atoms with Gasteiger partial charge in [0.05, 0.1) is 5.60 Å². The third-order valence-corrected chi connectivity index (χ3v) is 4.96. The fourth-order valence-electron chi connectivity index (χ4n) is 2.81. The number of rotatable bonds is 5. The van der Waals surface area contributed by atoms with Gasteiger partial charge in [-0.15, -0.1) is 0 Å². The Kier molecular flexibility index (Phi) is 5.52. The lowest BCUT2D eigenvalue weighted by atomic mass is 9.85. The summed E-state index contributed by atoms with van der Waals surface area (Å²) in [4.78, 5) is 0. The normalized spacial score (nSPS) is 22.8. The Morgan fingerprint density at radius 3 is 2.31 bits per heavy atom. The largest absolute Gasteiger partial charge is 0.412 e. The number of halogens is 1. The first kappa shape index (κ1) is 14.7. The predicted molar refractivity (Wildman–Crippen MR) is 82.6 cm³/mol. The minimum absolute atomic E-state index is 0.0860. The molecule has 0 amide bonds. The molecule has 1 fully saturated rings. The van der Waals surface area contributed by atoms with Gasteiger partial charge in [-0.05, 0) is 55.8 Å². The van der Waals surface area contributed by atoms with Crippen molar-refractivity contribution in [2.75, 3.05) is 0 Å². The summed E-state index contributed by atoms with van der Waals surface area (Å²) in [5.41, 5.74) is 0.0860. The van der Waals surface area contributed by atoms with Crippen LogP contribution >= 0.6 is 22.6 Å². The van der Waals surface area contributed by atoms with E-state index in [2.05, 4.69) is 59.3 Å². The van der Waals surface area contributed by atoms with Gasteiger partial charge in [0, 0.05) is 0 Å². The molecule has 0 bridgehead atoms. The second-order valence-electron chi connectivity index (χ2n) is 6.07. The molecular weight excluding hydrogens is 327 g/mol. The SMILES string of the molecule is CC(CC=CI)(O[Si](C)(C)C)C1CCCC1. The molecule has 0 spiro atoms. The molecule has 0 aromatic heterocycles. The summed E-state index contributed by atoms with van der Waals surface area (Å²) in [7, 11) is -1.45. The summed E-state index contributed by atoms with van der Waals surface area (Å²) in [6, 6.07) is 0. The quantitative estimate of drug-likeness (QED) is 0.493. The molecule has 0 heterocycles.